The van der Waals surface area contributed by atoms with Crippen LogP contribution in [0.15, 0.2) is 17.2 Å². The molecular formula is C10H14N2O6S. The maximum Gasteiger partial charge on any atom is 0.352 e. The number of aromatic amines is 1. The maximum absolute atomic E-state index is 11.9. The second-order valence-corrected chi connectivity index (χ2v) is 5.36. The quantitative estimate of drug-likeness (QED) is 0.630. The normalized spacial score (nSPS) is 12.9. The lowest BCUT2D eigenvalue weighted by molar-refractivity contribution is -0.144. The summed E-state index contributed by atoms with van der Waals surface area (Å²) in [6, 6.07) is -0.101. The molecule has 1 heterocycles. The molecule has 0 aliphatic heterocycles. The van der Waals surface area contributed by atoms with Gasteiger partial charge in [-0.2, -0.15) is 4.72 Å². The van der Waals surface area contributed by atoms with Crippen LogP contribution in [0.5, 0.6) is 0 Å². The maximum atomic E-state index is 11.9. The van der Waals surface area contributed by atoms with Crippen molar-refractivity contribution >= 4 is 22.0 Å². The fourth-order valence-corrected chi connectivity index (χ4v) is 2.45. The number of hydrogen-bond donors (Lipinski definition) is 3. The number of rotatable bonds is 6. The second kappa shape index (κ2) is 5.85. The third kappa shape index (κ3) is 3.80. The second-order valence-electron chi connectivity index (χ2n) is 3.65. The predicted octanol–water partition coefficient (Wildman–Crippen LogP) is -0.0572. The Kier molecular flexibility index (Phi) is 4.67. The number of carbonyl (C=O) groups excluding carboxylic acids is 1. The minimum absolute atomic E-state index is 0.137. The van der Waals surface area contributed by atoms with Gasteiger partial charge in [-0.1, -0.05) is 0 Å². The molecule has 1 rings (SSSR count). The first-order valence-electron chi connectivity index (χ1n) is 5.38. The number of ether oxygens (including phenoxy) is 1. The van der Waals surface area contributed by atoms with Crippen LogP contribution in [0.25, 0.3) is 0 Å². The van der Waals surface area contributed by atoms with E-state index < -0.39 is 28.0 Å². The summed E-state index contributed by atoms with van der Waals surface area (Å²) in [5, 5.41) is 8.68. The van der Waals surface area contributed by atoms with Crippen LogP contribution in [0.4, 0.5) is 0 Å². The fraction of sp³-hybridized carbons (Fsp3) is 0.400. The van der Waals surface area contributed by atoms with E-state index in [0.717, 1.165) is 12.3 Å². The van der Waals surface area contributed by atoms with Crippen LogP contribution in [0.3, 0.4) is 0 Å². The molecule has 1 aromatic heterocycles. The number of aromatic carboxylic acids is 1. The van der Waals surface area contributed by atoms with Gasteiger partial charge in [-0.3, -0.25) is 4.79 Å². The van der Waals surface area contributed by atoms with Crippen molar-refractivity contribution in [1.29, 1.82) is 0 Å². The number of aromatic nitrogens is 1. The van der Waals surface area contributed by atoms with Crippen molar-refractivity contribution in [3.8, 4) is 0 Å². The van der Waals surface area contributed by atoms with Gasteiger partial charge >= 0.3 is 11.9 Å². The summed E-state index contributed by atoms with van der Waals surface area (Å²) in [4.78, 5) is 24.0. The van der Waals surface area contributed by atoms with Crippen LogP contribution in [-0.2, 0) is 19.6 Å². The van der Waals surface area contributed by atoms with Crippen LogP contribution >= 0.6 is 0 Å². The molecule has 19 heavy (non-hydrogen) atoms. The first-order valence-corrected chi connectivity index (χ1v) is 6.87. The smallest absolute Gasteiger partial charge is 0.352 e. The molecule has 0 bridgehead atoms. The molecule has 1 aromatic rings. The van der Waals surface area contributed by atoms with E-state index in [2.05, 4.69) is 14.4 Å². The number of sulfonamides is 1. The van der Waals surface area contributed by atoms with E-state index in [-0.39, 0.29) is 17.2 Å². The van der Waals surface area contributed by atoms with E-state index in [1.54, 1.807) is 6.92 Å². The van der Waals surface area contributed by atoms with E-state index in [9.17, 15) is 18.0 Å². The standard InChI is InChI=1S/C10H14N2O6S/c1-3-18-10(15)6(2)12-19(16,17)7-4-8(9(13)14)11-5-7/h4-6,11-12H,3H2,1-2H3,(H,13,14). The third-order valence-corrected chi connectivity index (χ3v) is 3.69. The highest BCUT2D eigenvalue weighted by atomic mass is 32.2. The Labute approximate surface area is 109 Å². The Morgan fingerprint density at radius 1 is 1.53 bits per heavy atom. The summed E-state index contributed by atoms with van der Waals surface area (Å²) < 4.78 is 30.5. The lowest BCUT2D eigenvalue weighted by Crippen LogP contribution is -2.39. The Morgan fingerprint density at radius 2 is 2.16 bits per heavy atom. The highest BCUT2D eigenvalue weighted by Crippen LogP contribution is 2.11. The van der Waals surface area contributed by atoms with Gasteiger partial charge in [0.15, 0.2) is 0 Å². The van der Waals surface area contributed by atoms with Crippen molar-refractivity contribution in [1.82, 2.24) is 9.71 Å². The molecule has 0 aromatic carbocycles. The van der Waals surface area contributed by atoms with Crippen molar-refractivity contribution in [3.05, 3.63) is 18.0 Å². The molecule has 0 spiro atoms. The Bertz CT molecular complexity index is 577. The van der Waals surface area contributed by atoms with E-state index in [0.29, 0.717) is 0 Å². The summed E-state index contributed by atoms with van der Waals surface area (Å²) >= 11 is 0. The van der Waals surface area contributed by atoms with Crippen molar-refractivity contribution in [2.24, 2.45) is 0 Å². The molecule has 3 N–H and O–H groups in total. The van der Waals surface area contributed by atoms with Crippen LogP contribution in [-0.4, -0.2) is 43.1 Å². The molecule has 1 atom stereocenters. The molecule has 9 heteroatoms. The summed E-state index contributed by atoms with van der Waals surface area (Å²) in [6.45, 7) is 3.07. The van der Waals surface area contributed by atoms with Crippen molar-refractivity contribution in [2.45, 2.75) is 24.8 Å². The summed E-state index contributed by atoms with van der Waals surface area (Å²) in [5.41, 5.74) is -0.260. The van der Waals surface area contributed by atoms with E-state index >= 15 is 0 Å². The average Bonchev–Trinajstić information content (AvgIpc) is 2.78. The van der Waals surface area contributed by atoms with E-state index in [1.165, 1.54) is 6.92 Å². The number of hydrogen-bond acceptors (Lipinski definition) is 5. The number of esters is 1. The largest absolute Gasteiger partial charge is 0.477 e. The molecule has 0 amide bonds. The minimum atomic E-state index is -3.98. The SMILES string of the molecule is CCOC(=O)C(C)NS(=O)(=O)c1c[nH]c(C(=O)O)c1. The van der Waals surface area contributed by atoms with E-state index in [1.807, 2.05) is 0 Å². The number of carboxylic acid groups (broad SMARTS) is 1. The summed E-state index contributed by atoms with van der Waals surface area (Å²) in [6.07, 6.45) is 1.03. The Balaban J connectivity index is 2.86. The minimum Gasteiger partial charge on any atom is -0.477 e. The molecule has 8 nitrogen and oxygen atoms in total. The zero-order chi connectivity index (χ0) is 14.6. The molecule has 1 unspecified atom stereocenters. The molecule has 0 fully saturated rings. The van der Waals surface area contributed by atoms with Crippen molar-refractivity contribution < 1.29 is 27.9 Å². The van der Waals surface area contributed by atoms with Gasteiger partial charge < -0.3 is 14.8 Å². The van der Waals surface area contributed by atoms with E-state index in [4.69, 9.17) is 5.11 Å². The lowest BCUT2D eigenvalue weighted by Gasteiger charge is -2.11. The monoisotopic (exact) mass is 290 g/mol. The van der Waals surface area contributed by atoms with Gasteiger partial charge in [0.2, 0.25) is 10.0 Å². The number of nitrogens with one attached hydrogen (secondary N) is 2. The van der Waals surface area contributed by atoms with Crippen LogP contribution in [0.2, 0.25) is 0 Å². The average molecular weight is 290 g/mol. The molecule has 0 aliphatic carbocycles. The molecule has 0 saturated heterocycles. The fourth-order valence-electron chi connectivity index (χ4n) is 1.27. The number of carbonyl (C=O) groups is 2. The number of H-pyrrole nitrogens is 1. The molecule has 106 valence electrons. The number of carboxylic acids is 1. The first kappa shape index (κ1) is 15.2. The Hall–Kier alpha value is -1.87. The zero-order valence-electron chi connectivity index (χ0n) is 10.3. The lowest BCUT2D eigenvalue weighted by atomic mass is 10.4. The molecule has 0 aliphatic rings. The van der Waals surface area contributed by atoms with Crippen LogP contribution < -0.4 is 4.72 Å². The van der Waals surface area contributed by atoms with Gasteiger partial charge in [-0.15, -0.1) is 0 Å². The van der Waals surface area contributed by atoms with Crippen LogP contribution in [0, 0.1) is 0 Å². The first-order chi connectivity index (χ1) is 8.77. The Morgan fingerprint density at radius 3 is 2.63 bits per heavy atom. The third-order valence-electron chi connectivity index (χ3n) is 2.17. The molecular weight excluding hydrogens is 276 g/mol. The van der Waals surface area contributed by atoms with Crippen molar-refractivity contribution in [2.75, 3.05) is 6.61 Å². The highest BCUT2D eigenvalue weighted by Gasteiger charge is 2.24. The topological polar surface area (TPSA) is 126 Å². The molecule has 0 radical (unpaired) electrons. The van der Waals surface area contributed by atoms with Crippen LogP contribution in [0.1, 0.15) is 24.3 Å². The van der Waals surface area contributed by atoms with Crippen molar-refractivity contribution in [3.63, 3.8) is 0 Å². The van der Waals surface area contributed by atoms with Gasteiger partial charge in [0.05, 0.1) is 6.61 Å². The summed E-state index contributed by atoms with van der Waals surface area (Å²) in [7, 11) is -3.98. The van der Waals surface area contributed by atoms with Gasteiger partial charge in [-0.05, 0) is 19.9 Å². The van der Waals surface area contributed by atoms with Gasteiger partial charge in [0.1, 0.15) is 16.6 Å². The predicted molar refractivity (Wildman–Crippen MR) is 64.2 cm³/mol. The van der Waals surface area contributed by atoms with Gasteiger partial charge in [0.25, 0.3) is 0 Å². The molecule has 0 saturated carbocycles. The zero-order valence-corrected chi connectivity index (χ0v) is 11.2. The summed E-state index contributed by atoms with van der Waals surface area (Å²) in [5.74, 6) is -1.99. The van der Waals surface area contributed by atoms with Gasteiger partial charge in [-0.25, -0.2) is 13.2 Å². The highest BCUT2D eigenvalue weighted by molar-refractivity contribution is 7.89. The van der Waals surface area contributed by atoms with Gasteiger partial charge in [0, 0.05) is 6.20 Å².